The molecular weight excluding hydrogens is 371 g/mol. The number of hydrogen-bond acceptors (Lipinski definition) is 5. The van der Waals surface area contributed by atoms with Gasteiger partial charge in [0.05, 0.1) is 5.92 Å². The Bertz CT molecular complexity index is 998. The molecule has 5 nitrogen and oxygen atoms in total. The fourth-order valence-electron chi connectivity index (χ4n) is 3.68. The van der Waals surface area contributed by atoms with Crippen molar-refractivity contribution in [1.29, 1.82) is 0 Å². The highest BCUT2D eigenvalue weighted by atomic mass is 32.1. The molecule has 2 heterocycles. The van der Waals surface area contributed by atoms with Crippen LogP contribution in [0.5, 0.6) is 0 Å². The van der Waals surface area contributed by atoms with Crippen LogP contribution in [0, 0.1) is 0 Å². The lowest BCUT2D eigenvalue weighted by Crippen LogP contribution is -2.41. The summed E-state index contributed by atoms with van der Waals surface area (Å²) in [5, 5.41) is 12.2. The maximum atomic E-state index is 12.9. The van der Waals surface area contributed by atoms with Crippen LogP contribution in [0.1, 0.15) is 22.6 Å². The largest absolute Gasteiger partial charge is 0.491 e. The predicted octanol–water partition coefficient (Wildman–Crippen LogP) is 1.46. The van der Waals surface area contributed by atoms with Gasteiger partial charge in [-0.3, -0.25) is 9.78 Å². The summed E-state index contributed by atoms with van der Waals surface area (Å²) in [6, 6.07) is 13.7. The molecule has 0 aliphatic carbocycles. The lowest BCUT2D eigenvalue weighted by molar-refractivity contribution is -0.119. The van der Waals surface area contributed by atoms with Crippen LogP contribution in [0.15, 0.2) is 54.9 Å². The van der Waals surface area contributed by atoms with E-state index < -0.39 is 13.0 Å². The Balaban J connectivity index is 0.00000225. The van der Waals surface area contributed by atoms with E-state index in [0.717, 1.165) is 39.3 Å². The zero-order valence-corrected chi connectivity index (χ0v) is 16.5. The number of ketones is 1. The number of pyridine rings is 1. The van der Waals surface area contributed by atoms with Crippen molar-refractivity contribution in [2.75, 3.05) is 13.2 Å². The van der Waals surface area contributed by atoms with E-state index in [1.807, 2.05) is 48.7 Å². The molecule has 144 valence electrons. The fraction of sp³-hybridized carbons (Fsp3) is 0.238. The zero-order chi connectivity index (χ0) is 18.8. The average Bonchev–Trinajstić information content (AvgIpc) is 2.69. The molecule has 0 saturated heterocycles. The van der Waals surface area contributed by atoms with Crippen molar-refractivity contribution >= 4 is 42.6 Å². The van der Waals surface area contributed by atoms with Crippen molar-refractivity contribution in [3.8, 4) is 0 Å². The summed E-state index contributed by atoms with van der Waals surface area (Å²) in [4.78, 5) is 17.1. The molecule has 0 unspecified atom stereocenters. The summed E-state index contributed by atoms with van der Waals surface area (Å²) in [7, 11) is -0.934. The van der Waals surface area contributed by atoms with Crippen LogP contribution in [0.3, 0.4) is 0 Å². The lowest BCUT2D eigenvalue weighted by atomic mass is 9.72. The standard InChI is InChI=1S/C21H21BN2O3.H2S/c23-12-19(17-4-3-15-6-8-27-22(26)20(15)11-17)21(25)10-14-1-2-18-13-24-7-5-16(18)9-14;/h1-5,7,9,11,13,19,26H,6,8,10,12,23H2;1H2/t19-;/m1./s1. The summed E-state index contributed by atoms with van der Waals surface area (Å²) < 4.78 is 5.30. The van der Waals surface area contributed by atoms with Crippen molar-refractivity contribution in [3.63, 3.8) is 0 Å². The highest BCUT2D eigenvalue weighted by Gasteiger charge is 2.27. The molecule has 0 fully saturated rings. The number of carbonyl (C=O) groups is 1. The topological polar surface area (TPSA) is 85.4 Å². The molecule has 0 bridgehead atoms. The number of hydrogen-bond donors (Lipinski definition) is 2. The molecule has 3 N–H and O–H groups in total. The maximum Gasteiger partial charge on any atom is 0.491 e. The molecule has 0 spiro atoms. The summed E-state index contributed by atoms with van der Waals surface area (Å²) >= 11 is 0. The predicted molar refractivity (Wildman–Crippen MR) is 116 cm³/mol. The van der Waals surface area contributed by atoms with Crippen LogP contribution in [-0.4, -0.2) is 36.1 Å². The van der Waals surface area contributed by atoms with Gasteiger partial charge >= 0.3 is 7.12 Å². The van der Waals surface area contributed by atoms with E-state index in [4.69, 9.17) is 10.4 Å². The van der Waals surface area contributed by atoms with Gasteiger partial charge in [-0.2, -0.15) is 13.5 Å². The number of aromatic nitrogens is 1. The number of nitrogens with two attached hydrogens (primary N) is 1. The maximum absolute atomic E-state index is 12.9. The number of rotatable bonds is 5. The zero-order valence-electron chi connectivity index (χ0n) is 15.5. The highest BCUT2D eigenvalue weighted by molar-refractivity contribution is 7.59. The lowest BCUT2D eigenvalue weighted by Gasteiger charge is -2.22. The van der Waals surface area contributed by atoms with E-state index >= 15 is 0 Å². The first-order chi connectivity index (χ1) is 13.2. The van der Waals surface area contributed by atoms with Crippen LogP contribution in [0.25, 0.3) is 10.8 Å². The number of carbonyl (C=O) groups excluding carboxylic acids is 1. The first-order valence-electron chi connectivity index (χ1n) is 9.13. The Kier molecular flexibility index (Phi) is 6.51. The smallest absolute Gasteiger partial charge is 0.423 e. The van der Waals surface area contributed by atoms with E-state index in [2.05, 4.69) is 4.98 Å². The number of fused-ring (bicyclic) bond motifs is 2. The number of nitrogens with zero attached hydrogens (tertiary/aromatic N) is 1. The van der Waals surface area contributed by atoms with Gasteiger partial charge in [-0.05, 0) is 40.0 Å². The minimum absolute atomic E-state index is 0. The van der Waals surface area contributed by atoms with Gasteiger partial charge < -0.3 is 15.4 Å². The van der Waals surface area contributed by atoms with Crippen molar-refractivity contribution in [1.82, 2.24) is 4.98 Å². The summed E-state index contributed by atoms with van der Waals surface area (Å²) in [6.45, 7) is 0.732. The van der Waals surface area contributed by atoms with Gasteiger partial charge in [-0.25, -0.2) is 0 Å². The number of Topliss-reactive ketones (excluding diaryl/α,β-unsaturated/α-hetero) is 1. The molecule has 4 rings (SSSR count). The second kappa shape index (κ2) is 8.88. The van der Waals surface area contributed by atoms with Gasteiger partial charge in [0.15, 0.2) is 0 Å². The van der Waals surface area contributed by atoms with Crippen LogP contribution in [-0.2, 0) is 22.3 Å². The SMILES string of the molecule is NC[C@@H](C(=O)Cc1ccc2cnccc2c1)c1ccc2c(c1)B(O)OCC2.S. The fourth-order valence-corrected chi connectivity index (χ4v) is 3.68. The summed E-state index contributed by atoms with van der Waals surface area (Å²) in [5.74, 6) is -0.338. The molecule has 2 aromatic carbocycles. The average molecular weight is 394 g/mol. The van der Waals surface area contributed by atoms with E-state index in [0.29, 0.717) is 13.0 Å². The molecule has 7 heteroatoms. The van der Waals surface area contributed by atoms with Gasteiger partial charge in [0.1, 0.15) is 5.78 Å². The second-order valence-corrected chi connectivity index (χ2v) is 6.92. The Labute approximate surface area is 171 Å². The monoisotopic (exact) mass is 394 g/mol. The van der Waals surface area contributed by atoms with Crippen molar-refractivity contribution < 1.29 is 14.5 Å². The Morgan fingerprint density at radius 1 is 1.21 bits per heavy atom. The first kappa shape index (κ1) is 20.5. The van der Waals surface area contributed by atoms with Crippen molar-refractivity contribution in [2.24, 2.45) is 5.73 Å². The minimum atomic E-state index is -0.934. The summed E-state index contributed by atoms with van der Waals surface area (Å²) in [5.41, 5.74) is 9.52. The van der Waals surface area contributed by atoms with Crippen LogP contribution >= 0.6 is 13.5 Å². The molecule has 0 amide bonds. The molecule has 1 aliphatic rings. The quantitative estimate of drug-likeness (QED) is 0.640. The highest BCUT2D eigenvalue weighted by Crippen LogP contribution is 2.21. The molecule has 3 aromatic rings. The minimum Gasteiger partial charge on any atom is -0.423 e. The molecule has 1 atom stereocenters. The van der Waals surface area contributed by atoms with Gasteiger partial charge in [0, 0.05) is 37.4 Å². The van der Waals surface area contributed by atoms with Gasteiger partial charge in [-0.1, -0.05) is 36.4 Å². The van der Waals surface area contributed by atoms with Crippen molar-refractivity contribution in [3.05, 3.63) is 71.5 Å². The van der Waals surface area contributed by atoms with Crippen molar-refractivity contribution in [2.45, 2.75) is 18.8 Å². The third kappa shape index (κ3) is 4.13. The Morgan fingerprint density at radius 2 is 2.07 bits per heavy atom. The van der Waals surface area contributed by atoms with Crippen LogP contribution < -0.4 is 11.2 Å². The number of benzene rings is 2. The van der Waals surface area contributed by atoms with E-state index in [-0.39, 0.29) is 25.8 Å². The van der Waals surface area contributed by atoms with Gasteiger partial charge in [-0.15, -0.1) is 0 Å². The Morgan fingerprint density at radius 3 is 2.89 bits per heavy atom. The van der Waals surface area contributed by atoms with Crippen LogP contribution in [0.2, 0.25) is 0 Å². The molecule has 0 saturated carbocycles. The molecule has 1 aromatic heterocycles. The van der Waals surface area contributed by atoms with Gasteiger partial charge in [0.2, 0.25) is 0 Å². The molecular formula is C21H23BN2O3S. The van der Waals surface area contributed by atoms with Gasteiger partial charge in [0.25, 0.3) is 0 Å². The first-order valence-corrected chi connectivity index (χ1v) is 9.13. The summed E-state index contributed by atoms with van der Waals surface area (Å²) in [6.07, 6.45) is 4.64. The third-order valence-electron chi connectivity index (χ3n) is 5.19. The molecule has 28 heavy (non-hydrogen) atoms. The molecule has 0 radical (unpaired) electrons. The van der Waals surface area contributed by atoms with E-state index in [1.54, 1.807) is 6.20 Å². The normalized spacial score (nSPS) is 14.3. The Hall–Kier alpha value is -2.19. The molecule has 1 aliphatic heterocycles. The van der Waals surface area contributed by atoms with E-state index in [1.165, 1.54) is 0 Å². The van der Waals surface area contributed by atoms with Crippen LogP contribution in [0.4, 0.5) is 0 Å². The second-order valence-electron chi connectivity index (χ2n) is 6.92. The third-order valence-corrected chi connectivity index (χ3v) is 5.19. The van der Waals surface area contributed by atoms with E-state index in [9.17, 15) is 9.82 Å².